The average molecular weight is 321 g/mol. The maximum absolute atomic E-state index is 5.83. The second kappa shape index (κ2) is 5.97. The van der Waals surface area contributed by atoms with Crippen LogP contribution in [0.4, 0.5) is 11.4 Å². The van der Waals surface area contributed by atoms with Gasteiger partial charge < -0.3 is 15.4 Å². The Kier molecular flexibility index (Phi) is 4.32. The largest absolute Gasteiger partial charge is 0.495 e. The molecule has 0 atom stereocenters. The van der Waals surface area contributed by atoms with Crippen molar-refractivity contribution in [3.8, 4) is 5.75 Å². The van der Waals surface area contributed by atoms with Crippen molar-refractivity contribution in [1.82, 2.24) is 0 Å². The second-order valence-corrected chi connectivity index (χ2v) is 5.23. The molecule has 0 heterocycles. The maximum Gasteiger partial charge on any atom is 0.143 e. The highest BCUT2D eigenvalue weighted by Gasteiger charge is 2.07. The van der Waals surface area contributed by atoms with Gasteiger partial charge in [-0.15, -0.1) is 0 Å². The molecule has 0 bridgehead atoms. The predicted molar refractivity (Wildman–Crippen MR) is 83.7 cm³/mol. The van der Waals surface area contributed by atoms with E-state index < -0.39 is 0 Å². The van der Waals surface area contributed by atoms with Crippen LogP contribution in [0.2, 0.25) is 0 Å². The van der Waals surface area contributed by atoms with E-state index in [0.717, 1.165) is 16.7 Å². The molecule has 0 aliphatic carbocycles. The van der Waals surface area contributed by atoms with Crippen LogP contribution in [0.1, 0.15) is 5.56 Å². The Morgan fingerprint density at radius 1 is 1.21 bits per heavy atom. The van der Waals surface area contributed by atoms with E-state index in [2.05, 4.69) is 26.9 Å². The van der Waals surface area contributed by atoms with E-state index in [9.17, 15) is 0 Å². The predicted octanol–water partition coefficient (Wildman–Crippen LogP) is 3.68. The highest BCUT2D eigenvalue weighted by molar-refractivity contribution is 9.10. The van der Waals surface area contributed by atoms with E-state index >= 15 is 0 Å². The van der Waals surface area contributed by atoms with Gasteiger partial charge in [0.25, 0.3) is 0 Å². The van der Waals surface area contributed by atoms with Crippen molar-refractivity contribution >= 4 is 27.3 Å². The summed E-state index contributed by atoms with van der Waals surface area (Å²) in [5.74, 6) is 0.705. The Balaban J connectivity index is 2.20. The topological polar surface area (TPSA) is 38.5 Å². The molecule has 0 saturated heterocycles. The van der Waals surface area contributed by atoms with Crippen LogP contribution in [0.3, 0.4) is 0 Å². The summed E-state index contributed by atoms with van der Waals surface area (Å²) in [6, 6.07) is 14.0. The molecule has 0 saturated carbocycles. The molecule has 0 aliphatic heterocycles. The van der Waals surface area contributed by atoms with Gasteiger partial charge in [-0.1, -0.05) is 34.1 Å². The molecule has 2 aromatic rings. The lowest BCUT2D eigenvalue weighted by Crippen LogP contribution is -2.16. The standard InChI is InChI=1S/C15H17BrN2O/c1-18(10-11-5-3-4-6-13(11)16)12-7-8-14(17)15(9-12)19-2/h3-9H,10,17H2,1-2H3. The molecule has 0 aromatic heterocycles. The molecule has 0 fully saturated rings. The summed E-state index contributed by atoms with van der Waals surface area (Å²) >= 11 is 3.57. The number of ether oxygens (including phenoxy) is 1. The van der Waals surface area contributed by atoms with Crippen molar-refractivity contribution in [1.29, 1.82) is 0 Å². The lowest BCUT2D eigenvalue weighted by Gasteiger charge is -2.21. The minimum atomic E-state index is 0.653. The van der Waals surface area contributed by atoms with Crippen molar-refractivity contribution in [2.24, 2.45) is 0 Å². The van der Waals surface area contributed by atoms with E-state index in [1.165, 1.54) is 5.56 Å². The Morgan fingerprint density at radius 2 is 1.95 bits per heavy atom. The molecule has 0 radical (unpaired) electrons. The fourth-order valence-corrected chi connectivity index (χ4v) is 2.32. The fourth-order valence-electron chi connectivity index (χ4n) is 1.91. The zero-order chi connectivity index (χ0) is 13.8. The third-order valence-electron chi connectivity index (χ3n) is 3.02. The summed E-state index contributed by atoms with van der Waals surface area (Å²) in [6.07, 6.45) is 0. The zero-order valence-electron chi connectivity index (χ0n) is 11.1. The SMILES string of the molecule is COc1cc(N(C)Cc2ccccc2Br)ccc1N. The summed E-state index contributed by atoms with van der Waals surface area (Å²) in [5.41, 5.74) is 8.79. The van der Waals surface area contributed by atoms with Gasteiger partial charge in [-0.3, -0.25) is 0 Å². The first-order valence-corrected chi connectivity index (χ1v) is 6.79. The van der Waals surface area contributed by atoms with Gasteiger partial charge in [0.15, 0.2) is 0 Å². The molecule has 0 unspecified atom stereocenters. The van der Waals surface area contributed by atoms with E-state index in [1.807, 2.05) is 43.4 Å². The number of hydrogen-bond acceptors (Lipinski definition) is 3. The van der Waals surface area contributed by atoms with E-state index in [4.69, 9.17) is 10.5 Å². The minimum Gasteiger partial charge on any atom is -0.495 e. The monoisotopic (exact) mass is 320 g/mol. The quantitative estimate of drug-likeness (QED) is 0.873. The van der Waals surface area contributed by atoms with E-state index in [1.54, 1.807) is 7.11 Å². The van der Waals surface area contributed by atoms with Crippen LogP contribution < -0.4 is 15.4 Å². The molecule has 2 rings (SSSR count). The summed E-state index contributed by atoms with van der Waals surface area (Å²) in [7, 11) is 3.67. The molecule has 0 aliphatic rings. The Labute approximate surface area is 122 Å². The van der Waals surface area contributed by atoms with Gasteiger partial charge in [0.05, 0.1) is 12.8 Å². The van der Waals surface area contributed by atoms with Crippen molar-refractivity contribution in [3.63, 3.8) is 0 Å². The van der Waals surface area contributed by atoms with E-state index in [0.29, 0.717) is 11.4 Å². The summed E-state index contributed by atoms with van der Waals surface area (Å²) in [6.45, 7) is 0.814. The minimum absolute atomic E-state index is 0.653. The third kappa shape index (κ3) is 3.20. The van der Waals surface area contributed by atoms with Crippen molar-refractivity contribution in [2.45, 2.75) is 6.54 Å². The fraction of sp³-hybridized carbons (Fsp3) is 0.200. The first kappa shape index (κ1) is 13.7. The Hall–Kier alpha value is -1.68. The van der Waals surface area contributed by atoms with Crippen LogP contribution in [0, 0.1) is 0 Å². The molecular weight excluding hydrogens is 304 g/mol. The van der Waals surface area contributed by atoms with Crippen molar-refractivity contribution in [2.75, 3.05) is 24.8 Å². The number of hydrogen-bond donors (Lipinski definition) is 1. The highest BCUT2D eigenvalue weighted by Crippen LogP contribution is 2.28. The smallest absolute Gasteiger partial charge is 0.143 e. The van der Waals surface area contributed by atoms with Crippen LogP contribution in [-0.2, 0) is 6.54 Å². The van der Waals surface area contributed by atoms with Gasteiger partial charge in [0.1, 0.15) is 5.75 Å². The molecule has 3 nitrogen and oxygen atoms in total. The molecular formula is C15H17BrN2O. The van der Waals surface area contributed by atoms with Crippen LogP contribution in [0.15, 0.2) is 46.9 Å². The molecule has 2 aromatic carbocycles. The highest BCUT2D eigenvalue weighted by atomic mass is 79.9. The van der Waals surface area contributed by atoms with Gasteiger partial charge in [0, 0.05) is 29.8 Å². The first-order valence-electron chi connectivity index (χ1n) is 6.00. The summed E-state index contributed by atoms with van der Waals surface area (Å²) in [5, 5.41) is 0. The van der Waals surface area contributed by atoms with Crippen molar-refractivity contribution in [3.05, 3.63) is 52.5 Å². The van der Waals surface area contributed by atoms with Crippen LogP contribution in [0.5, 0.6) is 5.75 Å². The average Bonchev–Trinajstić information content (AvgIpc) is 2.42. The normalized spacial score (nSPS) is 10.3. The van der Waals surface area contributed by atoms with Gasteiger partial charge in [0.2, 0.25) is 0 Å². The van der Waals surface area contributed by atoms with Gasteiger partial charge in [-0.2, -0.15) is 0 Å². The molecule has 19 heavy (non-hydrogen) atoms. The second-order valence-electron chi connectivity index (χ2n) is 4.37. The molecule has 0 amide bonds. The summed E-state index contributed by atoms with van der Waals surface area (Å²) in [4.78, 5) is 2.15. The number of anilines is 2. The van der Waals surface area contributed by atoms with Crippen LogP contribution in [-0.4, -0.2) is 14.2 Å². The molecule has 4 heteroatoms. The van der Waals surface area contributed by atoms with Crippen LogP contribution in [0.25, 0.3) is 0 Å². The van der Waals surface area contributed by atoms with Gasteiger partial charge in [-0.05, 0) is 23.8 Å². The summed E-state index contributed by atoms with van der Waals surface area (Å²) < 4.78 is 6.36. The molecule has 100 valence electrons. The Morgan fingerprint density at radius 3 is 2.63 bits per heavy atom. The van der Waals surface area contributed by atoms with Crippen molar-refractivity contribution < 1.29 is 4.74 Å². The van der Waals surface area contributed by atoms with E-state index in [-0.39, 0.29) is 0 Å². The Bertz CT molecular complexity index is 572. The lowest BCUT2D eigenvalue weighted by atomic mass is 10.2. The number of methoxy groups -OCH3 is 1. The first-order chi connectivity index (χ1) is 9.11. The lowest BCUT2D eigenvalue weighted by molar-refractivity contribution is 0.417. The number of nitrogens with two attached hydrogens (primary N) is 1. The third-order valence-corrected chi connectivity index (χ3v) is 3.80. The number of rotatable bonds is 4. The number of nitrogen functional groups attached to an aromatic ring is 1. The van der Waals surface area contributed by atoms with Gasteiger partial charge >= 0.3 is 0 Å². The number of nitrogens with zero attached hydrogens (tertiary/aromatic N) is 1. The molecule has 0 spiro atoms. The van der Waals surface area contributed by atoms with Crippen LogP contribution >= 0.6 is 15.9 Å². The zero-order valence-corrected chi connectivity index (χ0v) is 12.6. The molecule has 2 N–H and O–H groups in total. The maximum atomic E-state index is 5.83. The number of halogens is 1. The number of benzene rings is 2. The van der Waals surface area contributed by atoms with Gasteiger partial charge in [-0.25, -0.2) is 0 Å².